The lowest BCUT2D eigenvalue weighted by atomic mass is 9.72. The lowest BCUT2D eigenvalue weighted by Crippen LogP contribution is -2.30. The van der Waals surface area contributed by atoms with Crippen LogP contribution in [0.4, 0.5) is 0 Å². The zero-order valence-electron chi connectivity index (χ0n) is 20.6. The zero-order valence-corrected chi connectivity index (χ0v) is 20.6. The van der Waals surface area contributed by atoms with Gasteiger partial charge in [0.15, 0.2) is 0 Å². The van der Waals surface area contributed by atoms with Crippen LogP contribution in [0.15, 0.2) is 12.1 Å². The third kappa shape index (κ3) is 6.59. The number of unbranched alkanes of at least 4 members (excludes halogenated alkanes) is 1. The first-order valence-corrected chi connectivity index (χ1v) is 11.8. The third-order valence-corrected chi connectivity index (χ3v) is 6.55. The Hall–Kier alpha value is -1.31. The molecule has 1 aromatic heterocycles. The van der Waals surface area contributed by atoms with Crippen LogP contribution in [0, 0.1) is 5.41 Å². The summed E-state index contributed by atoms with van der Waals surface area (Å²) < 4.78 is 6.63. The predicted molar refractivity (Wildman–Crippen MR) is 127 cm³/mol. The van der Waals surface area contributed by atoms with E-state index >= 15 is 0 Å². The molecule has 2 heteroatoms. The molecule has 2 nitrogen and oxygen atoms in total. The van der Waals surface area contributed by atoms with E-state index in [0.29, 0.717) is 11.3 Å². The molecule has 0 atom stereocenters. The minimum Gasteiger partial charge on any atom is -0.485 e. The molecule has 1 saturated carbocycles. The molecule has 0 N–H and O–H groups in total. The maximum Gasteiger partial charge on any atom is 0.149 e. The molecule has 0 aliphatic heterocycles. The second-order valence-electron chi connectivity index (χ2n) is 11.4. The molecule has 0 bridgehead atoms. The highest BCUT2D eigenvalue weighted by Crippen LogP contribution is 2.44. The largest absolute Gasteiger partial charge is 0.485 e. The van der Waals surface area contributed by atoms with Crippen LogP contribution in [-0.4, -0.2) is 10.6 Å². The number of rotatable bonds is 7. The molecule has 0 spiro atoms. The van der Waals surface area contributed by atoms with E-state index in [1.54, 1.807) is 0 Å². The predicted octanol–water partition coefficient (Wildman–Crippen LogP) is 8.44. The fraction of sp³-hybridized carbons (Fsp3) is 0.741. The van der Waals surface area contributed by atoms with E-state index in [4.69, 9.17) is 9.72 Å². The van der Waals surface area contributed by atoms with E-state index in [-0.39, 0.29) is 11.0 Å². The Kier molecular flexibility index (Phi) is 7.63. The van der Waals surface area contributed by atoms with Crippen molar-refractivity contribution in [1.82, 2.24) is 4.98 Å². The highest BCUT2D eigenvalue weighted by molar-refractivity contribution is 5.58. The molecule has 164 valence electrons. The van der Waals surface area contributed by atoms with Crippen LogP contribution in [0.5, 0.6) is 5.75 Å². The van der Waals surface area contributed by atoms with Crippen molar-refractivity contribution in [3.8, 4) is 5.75 Å². The van der Waals surface area contributed by atoms with Gasteiger partial charge in [0.05, 0.1) is 0 Å². The van der Waals surface area contributed by atoms with Gasteiger partial charge < -0.3 is 4.74 Å². The molecule has 1 heterocycles. The molecule has 2 rings (SSSR count). The zero-order chi connectivity index (χ0) is 21.9. The van der Waals surface area contributed by atoms with Gasteiger partial charge in [-0.3, -0.25) is 0 Å². The highest BCUT2D eigenvalue weighted by Gasteiger charge is 2.32. The average Bonchev–Trinajstić information content (AvgIpc) is 2.62. The molecule has 0 unspecified atom stereocenters. The summed E-state index contributed by atoms with van der Waals surface area (Å²) in [7, 11) is 0. The summed E-state index contributed by atoms with van der Waals surface area (Å²) in [6.07, 6.45) is 12.7. The van der Waals surface area contributed by atoms with E-state index < -0.39 is 0 Å². The normalized spacial score (nSPS) is 18.4. The monoisotopic (exact) mass is 399 g/mol. The number of hydrogen-bond acceptors (Lipinski definition) is 2. The highest BCUT2D eigenvalue weighted by atomic mass is 16.5. The Balaban J connectivity index is 2.56. The van der Waals surface area contributed by atoms with Gasteiger partial charge in [0.2, 0.25) is 0 Å². The smallest absolute Gasteiger partial charge is 0.149 e. The SMILES string of the molecule is CCC/C=C/c1nc(C2CCC(C)(C)CC2)cc(C(C)(C)C)c1OC(C)(C)CC. The number of pyridine rings is 1. The Morgan fingerprint density at radius 1 is 1.10 bits per heavy atom. The minimum atomic E-state index is -0.203. The first-order chi connectivity index (χ1) is 13.4. The van der Waals surface area contributed by atoms with E-state index in [9.17, 15) is 0 Å². The Labute approximate surface area is 180 Å². The van der Waals surface area contributed by atoms with Crippen molar-refractivity contribution in [3.63, 3.8) is 0 Å². The first-order valence-electron chi connectivity index (χ1n) is 11.8. The van der Waals surface area contributed by atoms with Gasteiger partial charge in [-0.2, -0.15) is 0 Å². The van der Waals surface area contributed by atoms with Gasteiger partial charge in [0.1, 0.15) is 17.0 Å². The van der Waals surface area contributed by atoms with Crippen molar-refractivity contribution in [2.75, 3.05) is 0 Å². The van der Waals surface area contributed by atoms with Gasteiger partial charge in [-0.1, -0.05) is 61.0 Å². The van der Waals surface area contributed by atoms with E-state index in [2.05, 4.69) is 80.5 Å². The van der Waals surface area contributed by atoms with Crippen LogP contribution in [0.3, 0.4) is 0 Å². The topological polar surface area (TPSA) is 22.1 Å². The summed E-state index contributed by atoms with van der Waals surface area (Å²) >= 11 is 0. The molecule has 0 radical (unpaired) electrons. The standard InChI is InChI=1S/C27H45NO/c1-10-12-13-14-22-24(29-27(8,9)11-2)21(25(3,4)5)19-23(28-22)20-15-17-26(6,7)18-16-20/h13-14,19-20H,10-12,15-18H2,1-9H3/b14-13+. The lowest BCUT2D eigenvalue weighted by Gasteiger charge is -2.35. The number of hydrogen-bond donors (Lipinski definition) is 0. The summed E-state index contributed by atoms with van der Waals surface area (Å²) in [4.78, 5) is 5.20. The number of aromatic nitrogens is 1. The van der Waals surface area contributed by atoms with Gasteiger partial charge in [-0.25, -0.2) is 4.98 Å². The van der Waals surface area contributed by atoms with Gasteiger partial charge in [-0.05, 0) is 75.3 Å². The summed E-state index contributed by atoms with van der Waals surface area (Å²) in [5, 5.41) is 0. The van der Waals surface area contributed by atoms with Crippen LogP contribution >= 0.6 is 0 Å². The molecule has 0 aromatic carbocycles. The number of ether oxygens (including phenoxy) is 1. The lowest BCUT2D eigenvalue weighted by molar-refractivity contribution is 0.101. The van der Waals surface area contributed by atoms with E-state index in [1.165, 1.54) is 36.9 Å². The molecule has 29 heavy (non-hydrogen) atoms. The molecular weight excluding hydrogens is 354 g/mol. The number of nitrogens with zero attached hydrogens (tertiary/aromatic N) is 1. The van der Waals surface area contributed by atoms with Crippen LogP contribution in [0.25, 0.3) is 6.08 Å². The quantitative estimate of drug-likeness (QED) is 0.459. The summed E-state index contributed by atoms with van der Waals surface area (Å²) in [6.45, 7) is 20.4. The molecule has 1 fully saturated rings. The summed E-state index contributed by atoms with van der Waals surface area (Å²) in [5.74, 6) is 1.55. The van der Waals surface area contributed by atoms with Crippen LogP contribution in [-0.2, 0) is 5.41 Å². The molecule has 0 amide bonds. The van der Waals surface area contributed by atoms with Crippen molar-refractivity contribution in [3.05, 3.63) is 29.1 Å². The van der Waals surface area contributed by atoms with Crippen molar-refractivity contribution >= 4 is 6.08 Å². The molecule has 1 aromatic rings. The third-order valence-electron chi connectivity index (χ3n) is 6.55. The van der Waals surface area contributed by atoms with Gasteiger partial charge >= 0.3 is 0 Å². The fourth-order valence-electron chi connectivity index (χ4n) is 3.97. The van der Waals surface area contributed by atoms with Crippen molar-refractivity contribution in [1.29, 1.82) is 0 Å². The summed E-state index contributed by atoms with van der Waals surface area (Å²) in [5.41, 5.74) is 3.87. The number of allylic oxidation sites excluding steroid dienone is 1. The van der Waals surface area contributed by atoms with Crippen LogP contribution in [0.2, 0.25) is 0 Å². The molecule has 1 aliphatic carbocycles. The maximum absolute atomic E-state index is 6.63. The van der Waals surface area contributed by atoms with Crippen LogP contribution < -0.4 is 4.74 Å². The minimum absolute atomic E-state index is 0.0120. The fourth-order valence-corrected chi connectivity index (χ4v) is 3.97. The van der Waals surface area contributed by atoms with E-state index in [0.717, 1.165) is 30.7 Å². The first kappa shape index (κ1) is 24.0. The van der Waals surface area contributed by atoms with Gasteiger partial charge in [-0.15, -0.1) is 0 Å². The van der Waals surface area contributed by atoms with E-state index in [1.807, 2.05) is 0 Å². The van der Waals surface area contributed by atoms with Gasteiger partial charge in [0, 0.05) is 17.2 Å². The molecular formula is C27H45NO. The van der Waals surface area contributed by atoms with Crippen LogP contribution in [0.1, 0.15) is 130 Å². The Morgan fingerprint density at radius 3 is 2.24 bits per heavy atom. The Morgan fingerprint density at radius 2 is 1.72 bits per heavy atom. The second-order valence-corrected chi connectivity index (χ2v) is 11.4. The molecule has 1 aliphatic rings. The van der Waals surface area contributed by atoms with Crippen molar-refractivity contribution in [2.24, 2.45) is 5.41 Å². The van der Waals surface area contributed by atoms with Gasteiger partial charge in [0.25, 0.3) is 0 Å². The van der Waals surface area contributed by atoms with Crippen molar-refractivity contribution in [2.45, 2.75) is 124 Å². The maximum atomic E-state index is 6.63. The average molecular weight is 400 g/mol. The summed E-state index contributed by atoms with van der Waals surface area (Å²) in [6, 6.07) is 2.36. The molecule has 0 saturated heterocycles. The van der Waals surface area contributed by atoms with Crippen molar-refractivity contribution < 1.29 is 4.74 Å². The second kappa shape index (κ2) is 9.23. The Bertz CT molecular complexity index is 696.